The summed E-state index contributed by atoms with van der Waals surface area (Å²) in [7, 11) is 1.66. The quantitative estimate of drug-likeness (QED) is 0.676. The van der Waals surface area contributed by atoms with Crippen LogP contribution in [-0.2, 0) is 6.42 Å². The zero-order valence-electron chi connectivity index (χ0n) is 15.4. The van der Waals surface area contributed by atoms with Crippen molar-refractivity contribution < 1.29 is 14.6 Å². The predicted molar refractivity (Wildman–Crippen MR) is 109 cm³/mol. The number of nitrogens with one attached hydrogen (secondary N) is 1. The van der Waals surface area contributed by atoms with Crippen molar-refractivity contribution in [2.24, 2.45) is 0 Å². The Morgan fingerprint density at radius 1 is 1.30 bits per heavy atom. The molecule has 0 unspecified atom stereocenters. The van der Waals surface area contributed by atoms with E-state index >= 15 is 0 Å². The van der Waals surface area contributed by atoms with Gasteiger partial charge in [-0.05, 0) is 60.0 Å². The van der Waals surface area contributed by atoms with E-state index in [-0.39, 0.29) is 5.56 Å². The topological polar surface area (TPSA) is 71.5 Å². The number of hydrogen-bond acceptors (Lipinski definition) is 5. The van der Waals surface area contributed by atoms with Crippen LogP contribution in [0.4, 0.5) is 5.69 Å². The summed E-state index contributed by atoms with van der Waals surface area (Å²) in [5.74, 6) is 0.131. The number of carboxylic acids is 1. The molecule has 0 saturated carbocycles. The molecule has 6 heteroatoms. The van der Waals surface area contributed by atoms with Gasteiger partial charge in [0, 0.05) is 18.1 Å². The van der Waals surface area contributed by atoms with Gasteiger partial charge >= 0.3 is 5.97 Å². The lowest BCUT2D eigenvalue weighted by Gasteiger charge is -2.17. The van der Waals surface area contributed by atoms with Gasteiger partial charge < -0.3 is 15.2 Å². The van der Waals surface area contributed by atoms with Crippen molar-refractivity contribution in [3.8, 4) is 16.9 Å². The molecule has 0 spiro atoms. The van der Waals surface area contributed by atoms with E-state index in [0.29, 0.717) is 5.69 Å². The Morgan fingerprint density at radius 3 is 2.81 bits per heavy atom. The summed E-state index contributed by atoms with van der Waals surface area (Å²) in [6, 6.07) is 10.2. The minimum absolute atomic E-state index is 0.238. The average molecular weight is 382 g/mol. The number of fused-ring (bicyclic) bond motifs is 1. The number of aryl methyl sites for hydroxylation is 2. The van der Waals surface area contributed by atoms with Gasteiger partial charge in [-0.15, -0.1) is 11.3 Å². The van der Waals surface area contributed by atoms with Crippen molar-refractivity contribution in [2.75, 3.05) is 19.0 Å². The smallest absolute Gasteiger partial charge is 0.337 e. The molecule has 4 rings (SSSR count). The van der Waals surface area contributed by atoms with Crippen LogP contribution in [0.5, 0.6) is 5.75 Å². The van der Waals surface area contributed by atoms with Crippen molar-refractivity contribution in [3.05, 3.63) is 64.1 Å². The van der Waals surface area contributed by atoms with Crippen molar-refractivity contribution >= 4 is 23.0 Å². The minimum Gasteiger partial charge on any atom is -0.493 e. The van der Waals surface area contributed by atoms with E-state index in [4.69, 9.17) is 9.84 Å². The van der Waals surface area contributed by atoms with Crippen LogP contribution in [-0.4, -0.2) is 29.7 Å². The third-order valence-corrected chi connectivity index (χ3v) is 5.25. The first-order chi connectivity index (χ1) is 13.1. The van der Waals surface area contributed by atoms with E-state index in [1.807, 2.05) is 0 Å². The molecule has 3 aromatic rings. The highest BCUT2D eigenvalue weighted by atomic mass is 32.1. The van der Waals surface area contributed by atoms with Gasteiger partial charge in [0.1, 0.15) is 5.75 Å². The Labute approximate surface area is 162 Å². The van der Waals surface area contributed by atoms with Crippen LogP contribution >= 0.6 is 11.3 Å². The Bertz CT molecular complexity index is 937. The van der Waals surface area contributed by atoms with E-state index in [0.717, 1.165) is 25.2 Å². The molecule has 1 aliphatic rings. The average Bonchev–Trinajstić information content (AvgIpc) is 3.14. The van der Waals surface area contributed by atoms with Gasteiger partial charge in [0.25, 0.3) is 0 Å². The molecular formula is C21H22N2O3S. The molecule has 1 aromatic carbocycles. The molecule has 0 amide bonds. The molecule has 0 radical (unpaired) electrons. The molecule has 2 aromatic heterocycles. The van der Waals surface area contributed by atoms with E-state index in [1.165, 1.54) is 40.0 Å². The first-order valence-electron chi connectivity index (χ1n) is 8.75. The fraction of sp³-hybridized carbons (Fsp3) is 0.238. The van der Waals surface area contributed by atoms with Crippen molar-refractivity contribution in [1.82, 2.24) is 4.98 Å². The number of thiophene rings is 1. The minimum atomic E-state index is -0.947. The van der Waals surface area contributed by atoms with Crippen LogP contribution in [0.25, 0.3) is 11.1 Å². The molecule has 0 aliphatic carbocycles. The number of nitrogens with zero attached hydrogens (tertiary/aromatic N) is 1. The van der Waals surface area contributed by atoms with Crippen molar-refractivity contribution in [1.29, 1.82) is 0 Å². The van der Waals surface area contributed by atoms with Crippen LogP contribution in [0.1, 0.15) is 27.2 Å². The SMILES string of the molecule is CNc1cnccc1C(=O)O.Cc1sccc1-c1ccc2c(c1)OCCC2. The number of pyridine rings is 1. The number of aromatic nitrogens is 1. The van der Waals surface area contributed by atoms with Gasteiger partial charge in [0.15, 0.2) is 0 Å². The molecule has 0 fully saturated rings. The summed E-state index contributed by atoms with van der Waals surface area (Å²) in [5, 5.41) is 13.5. The molecule has 3 heterocycles. The number of ether oxygens (including phenoxy) is 1. The number of aromatic carboxylic acids is 1. The van der Waals surface area contributed by atoms with Crippen LogP contribution in [0.15, 0.2) is 48.1 Å². The van der Waals surface area contributed by atoms with Crippen LogP contribution in [0.2, 0.25) is 0 Å². The lowest BCUT2D eigenvalue weighted by atomic mass is 10.0. The molecule has 5 nitrogen and oxygen atoms in total. The predicted octanol–water partition coefficient (Wildman–Crippen LogP) is 4.87. The fourth-order valence-electron chi connectivity index (χ4n) is 2.97. The number of anilines is 1. The molecule has 2 N–H and O–H groups in total. The highest BCUT2D eigenvalue weighted by Gasteiger charge is 2.12. The van der Waals surface area contributed by atoms with E-state index in [2.05, 4.69) is 46.9 Å². The van der Waals surface area contributed by atoms with Gasteiger partial charge in [-0.1, -0.05) is 12.1 Å². The Balaban J connectivity index is 0.000000168. The van der Waals surface area contributed by atoms with Gasteiger partial charge in [0.2, 0.25) is 0 Å². The maximum absolute atomic E-state index is 10.5. The van der Waals surface area contributed by atoms with Gasteiger partial charge in [-0.25, -0.2) is 4.79 Å². The maximum Gasteiger partial charge on any atom is 0.337 e. The normalized spacial score (nSPS) is 12.2. The second-order valence-corrected chi connectivity index (χ2v) is 7.26. The summed E-state index contributed by atoms with van der Waals surface area (Å²) in [6.45, 7) is 3.03. The molecular weight excluding hydrogens is 360 g/mol. The largest absolute Gasteiger partial charge is 0.493 e. The monoisotopic (exact) mass is 382 g/mol. The summed E-state index contributed by atoms with van der Waals surface area (Å²) in [5.41, 5.74) is 4.73. The third-order valence-electron chi connectivity index (χ3n) is 4.41. The zero-order chi connectivity index (χ0) is 19.2. The molecule has 1 aliphatic heterocycles. The number of rotatable bonds is 3. The third kappa shape index (κ3) is 4.46. The molecule has 0 saturated heterocycles. The molecule has 27 heavy (non-hydrogen) atoms. The summed E-state index contributed by atoms with van der Waals surface area (Å²) < 4.78 is 5.71. The Morgan fingerprint density at radius 2 is 2.15 bits per heavy atom. The summed E-state index contributed by atoms with van der Waals surface area (Å²) in [6.07, 6.45) is 5.22. The van der Waals surface area contributed by atoms with E-state index in [1.54, 1.807) is 18.4 Å². The Hall–Kier alpha value is -2.86. The van der Waals surface area contributed by atoms with Crippen LogP contribution < -0.4 is 10.1 Å². The Kier molecular flexibility index (Phi) is 6.08. The fourth-order valence-corrected chi connectivity index (χ4v) is 3.69. The van der Waals surface area contributed by atoms with Gasteiger partial charge in [-0.3, -0.25) is 4.98 Å². The lowest BCUT2D eigenvalue weighted by molar-refractivity contribution is 0.0698. The van der Waals surface area contributed by atoms with Crippen molar-refractivity contribution in [3.63, 3.8) is 0 Å². The first-order valence-corrected chi connectivity index (χ1v) is 9.63. The number of carbonyl (C=O) groups is 1. The second kappa shape index (κ2) is 8.68. The highest BCUT2D eigenvalue weighted by Crippen LogP contribution is 2.33. The van der Waals surface area contributed by atoms with Gasteiger partial charge in [0.05, 0.1) is 24.1 Å². The van der Waals surface area contributed by atoms with Crippen LogP contribution in [0, 0.1) is 6.92 Å². The highest BCUT2D eigenvalue weighted by molar-refractivity contribution is 7.10. The maximum atomic E-state index is 10.5. The molecule has 0 bridgehead atoms. The number of hydrogen-bond donors (Lipinski definition) is 2. The number of benzene rings is 1. The van der Waals surface area contributed by atoms with Crippen molar-refractivity contribution in [2.45, 2.75) is 19.8 Å². The zero-order valence-corrected chi connectivity index (χ0v) is 16.2. The van der Waals surface area contributed by atoms with Crippen LogP contribution in [0.3, 0.4) is 0 Å². The van der Waals surface area contributed by atoms with E-state index < -0.39 is 5.97 Å². The van der Waals surface area contributed by atoms with Gasteiger partial charge in [-0.2, -0.15) is 0 Å². The molecule has 0 atom stereocenters. The summed E-state index contributed by atoms with van der Waals surface area (Å²) >= 11 is 1.80. The van der Waals surface area contributed by atoms with E-state index in [9.17, 15) is 4.79 Å². The first kappa shape index (κ1) is 18.9. The summed E-state index contributed by atoms with van der Waals surface area (Å²) in [4.78, 5) is 15.7. The number of carboxylic acid groups (broad SMARTS) is 1. The standard InChI is InChI=1S/C14H14OS.C7H8N2O2/c1-10-13(6-8-16-10)12-5-4-11-3-2-7-15-14(11)9-12;1-8-6-4-9-3-2-5(6)7(10)11/h4-6,8-9H,2-3,7H2,1H3;2-4,8H,1H3,(H,10,11). The lowest BCUT2D eigenvalue weighted by Crippen LogP contribution is -2.07. The molecule has 140 valence electrons. The second-order valence-electron chi connectivity index (χ2n) is 6.14.